The van der Waals surface area contributed by atoms with Gasteiger partial charge in [-0.1, -0.05) is 0 Å². The van der Waals surface area contributed by atoms with Crippen molar-refractivity contribution in [3.8, 4) is 0 Å². The maximum atomic E-state index is 11.6. The Morgan fingerprint density at radius 3 is 2.94 bits per heavy atom. The summed E-state index contributed by atoms with van der Waals surface area (Å²) in [5, 5.41) is 14.3. The Kier molecular flexibility index (Phi) is 4.91. The summed E-state index contributed by atoms with van der Waals surface area (Å²) in [5.41, 5.74) is -1.04. The number of rotatable bonds is 5. The molecule has 0 aromatic carbocycles. The van der Waals surface area contributed by atoms with E-state index in [1.165, 1.54) is 18.4 Å². The molecule has 0 radical (unpaired) electrons. The minimum absolute atomic E-state index is 0.162. The highest BCUT2D eigenvalue weighted by molar-refractivity contribution is 9.10. The highest BCUT2D eigenvalue weighted by Crippen LogP contribution is 2.19. The summed E-state index contributed by atoms with van der Waals surface area (Å²) in [6, 6.07) is 1.74. The molecule has 0 unspecified atom stereocenters. The molecule has 1 aromatic heterocycles. The van der Waals surface area contributed by atoms with Crippen LogP contribution in [0.25, 0.3) is 0 Å². The molecule has 1 aromatic rings. The quantitative estimate of drug-likeness (QED) is 0.869. The highest BCUT2D eigenvalue weighted by Gasteiger charge is 2.21. The lowest BCUT2D eigenvalue weighted by Crippen LogP contribution is -2.43. The van der Waals surface area contributed by atoms with Gasteiger partial charge in [0, 0.05) is 23.5 Å². The maximum Gasteiger partial charge on any atom is 0.261 e. The topological polar surface area (TPSA) is 58.6 Å². The first-order valence-electron chi connectivity index (χ1n) is 4.68. The van der Waals surface area contributed by atoms with Gasteiger partial charge < -0.3 is 15.2 Å². The van der Waals surface area contributed by atoms with Crippen LogP contribution in [0.15, 0.2) is 15.9 Å². The van der Waals surface area contributed by atoms with Crippen LogP contribution >= 0.6 is 27.3 Å². The monoisotopic (exact) mass is 307 g/mol. The number of carbonyl (C=O) groups excluding carboxylic acids is 1. The van der Waals surface area contributed by atoms with E-state index in [1.54, 1.807) is 13.0 Å². The van der Waals surface area contributed by atoms with Crippen molar-refractivity contribution in [3.05, 3.63) is 20.8 Å². The van der Waals surface area contributed by atoms with Gasteiger partial charge in [0.2, 0.25) is 0 Å². The van der Waals surface area contributed by atoms with Crippen LogP contribution in [0.1, 0.15) is 16.6 Å². The van der Waals surface area contributed by atoms with Gasteiger partial charge in [-0.15, -0.1) is 11.3 Å². The van der Waals surface area contributed by atoms with Crippen molar-refractivity contribution in [3.63, 3.8) is 0 Å². The molecule has 4 nitrogen and oxygen atoms in total. The van der Waals surface area contributed by atoms with Crippen LogP contribution in [0.3, 0.4) is 0 Å². The summed E-state index contributed by atoms with van der Waals surface area (Å²) in [6.07, 6.45) is 0. The van der Waals surface area contributed by atoms with Gasteiger partial charge in [0.15, 0.2) is 0 Å². The first kappa shape index (κ1) is 13.6. The van der Waals surface area contributed by atoms with E-state index >= 15 is 0 Å². The Hall–Kier alpha value is -0.430. The normalized spacial score (nSPS) is 14.5. The van der Waals surface area contributed by atoms with Crippen molar-refractivity contribution in [2.75, 3.05) is 20.3 Å². The predicted molar refractivity (Wildman–Crippen MR) is 66.9 cm³/mol. The summed E-state index contributed by atoms with van der Waals surface area (Å²) in [7, 11) is 1.51. The number of amides is 1. The van der Waals surface area contributed by atoms with Gasteiger partial charge >= 0.3 is 0 Å². The molecule has 1 atom stereocenters. The average molecular weight is 308 g/mol. The van der Waals surface area contributed by atoms with Crippen LogP contribution in [0, 0.1) is 0 Å². The number of ether oxygens (including phenoxy) is 1. The van der Waals surface area contributed by atoms with Crippen LogP contribution in [0.5, 0.6) is 0 Å². The van der Waals surface area contributed by atoms with E-state index in [-0.39, 0.29) is 19.1 Å². The molecule has 0 saturated carbocycles. The lowest BCUT2D eigenvalue weighted by Gasteiger charge is -2.22. The summed E-state index contributed by atoms with van der Waals surface area (Å²) >= 11 is 4.63. The van der Waals surface area contributed by atoms with Crippen molar-refractivity contribution in [1.29, 1.82) is 0 Å². The third-order valence-corrected chi connectivity index (χ3v) is 3.57. The van der Waals surface area contributed by atoms with Crippen molar-refractivity contribution < 1.29 is 14.6 Å². The number of carbonyl (C=O) groups is 1. The smallest absolute Gasteiger partial charge is 0.261 e. The predicted octanol–water partition coefficient (Wildman–Crippen LogP) is 1.64. The summed E-state index contributed by atoms with van der Waals surface area (Å²) in [6.45, 7) is 1.96. The van der Waals surface area contributed by atoms with Crippen molar-refractivity contribution in [2.45, 2.75) is 12.5 Å². The van der Waals surface area contributed by atoms with Gasteiger partial charge in [-0.25, -0.2) is 0 Å². The van der Waals surface area contributed by atoms with Crippen molar-refractivity contribution in [1.82, 2.24) is 5.32 Å². The zero-order valence-corrected chi connectivity index (χ0v) is 11.5. The lowest BCUT2D eigenvalue weighted by molar-refractivity contribution is -0.0146. The van der Waals surface area contributed by atoms with Crippen LogP contribution < -0.4 is 5.32 Å². The molecule has 0 fully saturated rings. The van der Waals surface area contributed by atoms with E-state index in [2.05, 4.69) is 21.2 Å². The van der Waals surface area contributed by atoms with Crippen LogP contribution in [0.4, 0.5) is 0 Å². The Morgan fingerprint density at radius 2 is 2.44 bits per heavy atom. The van der Waals surface area contributed by atoms with Gasteiger partial charge in [-0.2, -0.15) is 0 Å². The molecule has 0 saturated heterocycles. The summed E-state index contributed by atoms with van der Waals surface area (Å²) in [4.78, 5) is 12.2. The Bertz CT molecular complexity index is 365. The number of methoxy groups -OCH3 is 1. The second-order valence-corrected chi connectivity index (χ2v) is 5.57. The van der Waals surface area contributed by atoms with E-state index in [0.29, 0.717) is 4.88 Å². The van der Waals surface area contributed by atoms with Gasteiger partial charge in [-0.05, 0) is 28.9 Å². The number of nitrogens with one attached hydrogen (secondary N) is 1. The number of halogens is 1. The van der Waals surface area contributed by atoms with Crippen LogP contribution in [-0.2, 0) is 4.74 Å². The fourth-order valence-electron chi connectivity index (χ4n) is 1.15. The van der Waals surface area contributed by atoms with Gasteiger partial charge in [0.05, 0.1) is 11.5 Å². The molecular weight excluding hydrogens is 294 g/mol. The minimum atomic E-state index is -1.04. The molecule has 1 amide bonds. The number of thiophene rings is 1. The van der Waals surface area contributed by atoms with Crippen molar-refractivity contribution >= 4 is 33.2 Å². The first-order chi connectivity index (χ1) is 7.44. The van der Waals surface area contributed by atoms with Gasteiger partial charge in [-0.3, -0.25) is 4.79 Å². The number of hydrogen-bond acceptors (Lipinski definition) is 4. The molecule has 1 heterocycles. The SMILES string of the molecule is COC[C@@](C)(O)CNC(=O)c1cc(Br)cs1. The van der Waals surface area contributed by atoms with E-state index in [1.807, 2.05) is 5.38 Å². The summed E-state index contributed by atoms with van der Waals surface area (Å²) in [5.74, 6) is -0.188. The molecule has 0 aliphatic heterocycles. The van der Waals surface area contributed by atoms with E-state index in [0.717, 1.165) is 4.47 Å². The maximum absolute atomic E-state index is 11.6. The van der Waals surface area contributed by atoms with E-state index in [4.69, 9.17) is 4.74 Å². The molecule has 0 aliphatic carbocycles. The van der Waals surface area contributed by atoms with Crippen LogP contribution in [-0.4, -0.2) is 36.9 Å². The molecule has 6 heteroatoms. The van der Waals surface area contributed by atoms with Crippen molar-refractivity contribution in [2.24, 2.45) is 0 Å². The van der Waals surface area contributed by atoms with Gasteiger partial charge in [0.25, 0.3) is 5.91 Å². The molecular formula is C10H14BrNO3S. The third-order valence-electron chi connectivity index (χ3n) is 1.88. The molecule has 0 aliphatic rings. The number of aliphatic hydroxyl groups is 1. The largest absolute Gasteiger partial charge is 0.386 e. The summed E-state index contributed by atoms with van der Waals surface area (Å²) < 4.78 is 5.72. The second-order valence-electron chi connectivity index (χ2n) is 3.74. The highest BCUT2D eigenvalue weighted by atomic mass is 79.9. The fraction of sp³-hybridized carbons (Fsp3) is 0.500. The average Bonchev–Trinajstić information content (AvgIpc) is 2.61. The minimum Gasteiger partial charge on any atom is -0.386 e. The Labute approximate surface area is 107 Å². The van der Waals surface area contributed by atoms with E-state index in [9.17, 15) is 9.90 Å². The van der Waals surface area contributed by atoms with E-state index < -0.39 is 5.60 Å². The first-order valence-corrected chi connectivity index (χ1v) is 6.35. The standard InChI is InChI=1S/C10H14BrNO3S/c1-10(14,6-15-2)5-12-9(13)8-3-7(11)4-16-8/h3-4,14H,5-6H2,1-2H3,(H,12,13)/t10-/m0/s1. The molecule has 2 N–H and O–H groups in total. The van der Waals surface area contributed by atoms with Gasteiger partial charge in [0.1, 0.15) is 5.60 Å². The Balaban J connectivity index is 2.47. The third kappa shape index (κ3) is 4.21. The zero-order valence-electron chi connectivity index (χ0n) is 9.12. The fourth-order valence-corrected chi connectivity index (χ4v) is 2.49. The second kappa shape index (κ2) is 5.77. The lowest BCUT2D eigenvalue weighted by atomic mass is 10.1. The zero-order chi connectivity index (χ0) is 12.2. The number of hydrogen-bond donors (Lipinski definition) is 2. The molecule has 0 bridgehead atoms. The molecule has 16 heavy (non-hydrogen) atoms. The Morgan fingerprint density at radius 1 is 1.75 bits per heavy atom. The van der Waals surface area contributed by atoms with Crippen LogP contribution in [0.2, 0.25) is 0 Å². The molecule has 90 valence electrons. The molecule has 0 spiro atoms. The molecule has 1 rings (SSSR count).